The van der Waals surface area contributed by atoms with Crippen LogP contribution in [0.5, 0.6) is 0 Å². The molecule has 5 nitrogen and oxygen atoms in total. The summed E-state index contributed by atoms with van der Waals surface area (Å²) in [6.45, 7) is 7.74. The summed E-state index contributed by atoms with van der Waals surface area (Å²) in [5.41, 5.74) is 0.825. The van der Waals surface area contributed by atoms with Gasteiger partial charge in [0, 0.05) is 30.2 Å². The molecular weight excluding hydrogens is 319 g/mol. The van der Waals surface area contributed by atoms with E-state index >= 15 is 0 Å². The zero-order valence-corrected chi connectivity index (χ0v) is 14.1. The third-order valence-corrected chi connectivity index (χ3v) is 4.48. The van der Waals surface area contributed by atoms with Crippen molar-refractivity contribution in [3.8, 4) is 0 Å². The summed E-state index contributed by atoms with van der Waals surface area (Å²) in [7, 11) is 0. The van der Waals surface area contributed by atoms with Crippen LogP contribution in [0.15, 0.2) is 18.2 Å². The van der Waals surface area contributed by atoms with Gasteiger partial charge in [0.15, 0.2) is 0 Å². The molecule has 0 aliphatic carbocycles. The second kappa shape index (κ2) is 6.95. The van der Waals surface area contributed by atoms with E-state index in [9.17, 15) is 4.39 Å². The van der Waals surface area contributed by atoms with Crippen molar-refractivity contribution in [2.45, 2.75) is 33.0 Å². The van der Waals surface area contributed by atoms with Crippen molar-refractivity contribution in [1.29, 1.82) is 0 Å². The van der Waals surface area contributed by atoms with Crippen LogP contribution in [0.2, 0.25) is 5.02 Å². The molecule has 0 N–H and O–H groups in total. The van der Waals surface area contributed by atoms with E-state index in [-0.39, 0.29) is 11.9 Å². The van der Waals surface area contributed by atoms with Gasteiger partial charge in [0.2, 0.25) is 0 Å². The molecule has 1 aliphatic heterocycles. The van der Waals surface area contributed by atoms with Crippen molar-refractivity contribution in [2.75, 3.05) is 19.7 Å². The Bertz CT molecular complexity index is 691. The van der Waals surface area contributed by atoms with Crippen LogP contribution in [-0.2, 0) is 17.8 Å². The Labute approximate surface area is 140 Å². The SMILES string of the molecule is CCn1c(C)nnc1CN1CCOC(c2ccc(F)cc2Cl)C1. The van der Waals surface area contributed by atoms with E-state index < -0.39 is 0 Å². The molecule has 1 saturated heterocycles. The highest BCUT2D eigenvalue weighted by atomic mass is 35.5. The molecule has 1 unspecified atom stereocenters. The smallest absolute Gasteiger partial charge is 0.147 e. The van der Waals surface area contributed by atoms with Crippen LogP contribution in [0.25, 0.3) is 0 Å². The summed E-state index contributed by atoms with van der Waals surface area (Å²) in [4.78, 5) is 2.27. The number of nitrogens with zero attached hydrogens (tertiary/aromatic N) is 4. The first-order valence-electron chi connectivity index (χ1n) is 7.76. The molecule has 2 heterocycles. The number of rotatable bonds is 4. The largest absolute Gasteiger partial charge is 0.371 e. The van der Waals surface area contributed by atoms with E-state index in [0.717, 1.165) is 30.3 Å². The first kappa shape index (κ1) is 16.4. The van der Waals surface area contributed by atoms with E-state index in [1.165, 1.54) is 12.1 Å². The number of hydrogen-bond acceptors (Lipinski definition) is 4. The Kier molecular flexibility index (Phi) is 4.94. The molecule has 7 heteroatoms. The normalized spacial score (nSPS) is 19.2. The Hall–Kier alpha value is -1.50. The fraction of sp³-hybridized carbons (Fsp3) is 0.500. The van der Waals surface area contributed by atoms with Gasteiger partial charge in [-0.2, -0.15) is 0 Å². The standard InChI is InChI=1S/C16H20ClFN4O/c1-3-22-11(2)19-20-16(22)10-21-6-7-23-15(9-21)13-5-4-12(18)8-14(13)17/h4-5,8,15H,3,6-7,9-10H2,1-2H3. The van der Waals surface area contributed by atoms with Gasteiger partial charge in [-0.05, 0) is 26.0 Å². The molecule has 0 saturated carbocycles. The molecule has 1 aliphatic rings. The maximum absolute atomic E-state index is 13.2. The summed E-state index contributed by atoms with van der Waals surface area (Å²) in [6.07, 6.45) is -0.157. The average molecular weight is 339 g/mol. The average Bonchev–Trinajstić information content (AvgIpc) is 2.87. The number of aryl methyl sites for hydroxylation is 1. The quantitative estimate of drug-likeness (QED) is 0.859. The van der Waals surface area contributed by atoms with Crippen molar-refractivity contribution < 1.29 is 9.13 Å². The van der Waals surface area contributed by atoms with E-state index in [0.29, 0.717) is 24.7 Å². The molecule has 3 rings (SSSR count). The molecule has 0 spiro atoms. The number of halogens is 2. The van der Waals surface area contributed by atoms with Crippen molar-refractivity contribution in [1.82, 2.24) is 19.7 Å². The number of ether oxygens (including phenoxy) is 1. The van der Waals surface area contributed by atoms with Gasteiger partial charge in [-0.3, -0.25) is 4.90 Å². The van der Waals surface area contributed by atoms with E-state index in [1.807, 2.05) is 6.92 Å². The minimum absolute atomic E-state index is 0.157. The van der Waals surface area contributed by atoms with Crippen molar-refractivity contribution in [2.24, 2.45) is 0 Å². The van der Waals surface area contributed by atoms with Crippen LogP contribution in [0.3, 0.4) is 0 Å². The molecule has 1 fully saturated rings. The highest BCUT2D eigenvalue weighted by molar-refractivity contribution is 6.31. The number of benzene rings is 1. The monoisotopic (exact) mass is 338 g/mol. The highest BCUT2D eigenvalue weighted by Crippen LogP contribution is 2.29. The van der Waals surface area contributed by atoms with Crippen LogP contribution >= 0.6 is 11.6 Å². The first-order valence-corrected chi connectivity index (χ1v) is 8.14. The van der Waals surface area contributed by atoms with Gasteiger partial charge in [0.05, 0.1) is 19.3 Å². The molecule has 0 radical (unpaired) electrons. The Morgan fingerprint density at radius 1 is 1.39 bits per heavy atom. The molecule has 124 valence electrons. The zero-order valence-electron chi connectivity index (χ0n) is 13.3. The van der Waals surface area contributed by atoms with Crippen molar-refractivity contribution >= 4 is 11.6 Å². The van der Waals surface area contributed by atoms with Gasteiger partial charge in [-0.25, -0.2) is 4.39 Å². The minimum atomic E-state index is -0.335. The fourth-order valence-electron chi connectivity index (χ4n) is 2.95. The van der Waals surface area contributed by atoms with Crippen LogP contribution in [0.1, 0.15) is 30.2 Å². The summed E-state index contributed by atoms with van der Waals surface area (Å²) in [6, 6.07) is 4.45. The highest BCUT2D eigenvalue weighted by Gasteiger charge is 2.25. The topological polar surface area (TPSA) is 43.2 Å². The zero-order chi connectivity index (χ0) is 16.4. The lowest BCUT2D eigenvalue weighted by atomic mass is 10.1. The van der Waals surface area contributed by atoms with E-state index in [2.05, 4.69) is 26.6 Å². The lowest BCUT2D eigenvalue weighted by molar-refractivity contribution is -0.0339. The summed E-state index contributed by atoms with van der Waals surface area (Å²) >= 11 is 6.16. The van der Waals surface area contributed by atoms with Gasteiger partial charge in [-0.1, -0.05) is 17.7 Å². The predicted molar refractivity (Wildman–Crippen MR) is 85.8 cm³/mol. The summed E-state index contributed by atoms with van der Waals surface area (Å²) < 4.78 is 21.1. The molecular formula is C16H20ClFN4O. The van der Waals surface area contributed by atoms with Crippen LogP contribution in [0, 0.1) is 12.7 Å². The van der Waals surface area contributed by atoms with Gasteiger partial charge >= 0.3 is 0 Å². The second-order valence-corrected chi connectivity index (χ2v) is 6.08. The van der Waals surface area contributed by atoms with Gasteiger partial charge in [0.1, 0.15) is 17.5 Å². The minimum Gasteiger partial charge on any atom is -0.371 e. The van der Waals surface area contributed by atoms with Crippen LogP contribution in [0.4, 0.5) is 4.39 Å². The Morgan fingerprint density at radius 3 is 2.96 bits per heavy atom. The lowest BCUT2D eigenvalue weighted by Gasteiger charge is -2.33. The van der Waals surface area contributed by atoms with Gasteiger partial charge in [-0.15, -0.1) is 10.2 Å². The Morgan fingerprint density at radius 2 is 2.22 bits per heavy atom. The molecule has 0 amide bonds. The maximum Gasteiger partial charge on any atom is 0.147 e. The lowest BCUT2D eigenvalue weighted by Crippen LogP contribution is -2.38. The second-order valence-electron chi connectivity index (χ2n) is 5.67. The molecule has 2 aromatic rings. The number of hydrogen-bond donors (Lipinski definition) is 0. The molecule has 1 atom stereocenters. The number of aromatic nitrogens is 3. The summed E-state index contributed by atoms with van der Waals surface area (Å²) in [5, 5.41) is 8.82. The molecule has 1 aromatic carbocycles. The third kappa shape index (κ3) is 3.54. The first-order chi connectivity index (χ1) is 11.1. The Balaban J connectivity index is 1.73. The predicted octanol–water partition coefficient (Wildman–Crippen LogP) is 2.97. The van der Waals surface area contributed by atoms with Crippen LogP contribution in [-0.4, -0.2) is 39.4 Å². The van der Waals surface area contributed by atoms with E-state index in [4.69, 9.17) is 16.3 Å². The molecule has 1 aromatic heterocycles. The van der Waals surface area contributed by atoms with Gasteiger partial charge < -0.3 is 9.30 Å². The van der Waals surface area contributed by atoms with Crippen LogP contribution < -0.4 is 0 Å². The molecule has 0 bridgehead atoms. The molecule has 23 heavy (non-hydrogen) atoms. The van der Waals surface area contributed by atoms with E-state index in [1.54, 1.807) is 6.07 Å². The fourth-order valence-corrected chi connectivity index (χ4v) is 3.24. The third-order valence-electron chi connectivity index (χ3n) is 4.15. The van der Waals surface area contributed by atoms with Crippen molar-refractivity contribution in [3.05, 3.63) is 46.3 Å². The summed E-state index contributed by atoms with van der Waals surface area (Å²) in [5.74, 6) is 1.54. The van der Waals surface area contributed by atoms with Gasteiger partial charge in [0.25, 0.3) is 0 Å². The maximum atomic E-state index is 13.2. The van der Waals surface area contributed by atoms with Crippen molar-refractivity contribution in [3.63, 3.8) is 0 Å². The number of morpholine rings is 1.